The SMILES string of the molecule is Cc1cccc(C#N)c1-c1ccc(Br)cc1. The molecule has 0 spiro atoms. The molecule has 2 aromatic rings. The van der Waals surface area contributed by atoms with E-state index in [9.17, 15) is 0 Å². The average Bonchev–Trinajstić information content (AvgIpc) is 2.30. The van der Waals surface area contributed by atoms with Crippen molar-refractivity contribution in [3.05, 3.63) is 58.1 Å². The molecule has 0 bridgehead atoms. The second-order valence-electron chi connectivity index (χ2n) is 3.62. The molecule has 0 fully saturated rings. The van der Waals surface area contributed by atoms with Gasteiger partial charge < -0.3 is 0 Å². The summed E-state index contributed by atoms with van der Waals surface area (Å²) in [7, 11) is 0. The van der Waals surface area contributed by atoms with Crippen LogP contribution in [0, 0.1) is 18.3 Å². The zero-order valence-electron chi connectivity index (χ0n) is 8.87. The highest BCUT2D eigenvalue weighted by molar-refractivity contribution is 9.10. The molecule has 0 saturated heterocycles. The Kier molecular flexibility index (Phi) is 3.07. The molecule has 0 aliphatic heterocycles. The van der Waals surface area contributed by atoms with E-state index in [1.807, 2.05) is 49.4 Å². The molecule has 78 valence electrons. The number of halogens is 1. The number of hydrogen-bond donors (Lipinski definition) is 0. The van der Waals surface area contributed by atoms with Crippen molar-refractivity contribution >= 4 is 15.9 Å². The number of nitriles is 1. The lowest BCUT2D eigenvalue weighted by Crippen LogP contribution is -1.88. The van der Waals surface area contributed by atoms with Crippen molar-refractivity contribution in [1.29, 1.82) is 5.26 Å². The lowest BCUT2D eigenvalue weighted by atomic mass is 9.96. The molecular weight excluding hydrogens is 262 g/mol. The van der Waals surface area contributed by atoms with Gasteiger partial charge in [0.15, 0.2) is 0 Å². The van der Waals surface area contributed by atoms with E-state index in [1.165, 1.54) is 0 Å². The summed E-state index contributed by atoms with van der Waals surface area (Å²) in [6, 6.07) is 16.0. The quantitative estimate of drug-likeness (QED) is 0.759. The number of rotatable bonds is 1. The topological polar surface area (TPSA) is 23.8 Å². The van der Waals surface area contributed by atoms with Crippen LogP contribution in [0.15, 0.2) is 46.9 Å². The van der Waals surface area contributed by atoms with Crippen molar-refractivity contribution in [2.75, 3.05) is 0 Å². The van der Waals surface area contributed by atoms with E-state index in [4.69, 9.17) is 5.26 Å². The maximum absolute atomic E-state index is 9.10. The van der Waals surface area contributed by atoms with Gasteiger partial charge in [0, 0.05) is 10.0 Å². The van der Waals surface area contributed by atoms with E-state index in [0.717, 1.165) is 26.7 Å². The second kappa shape index (κ2) is 4.51. The highest BCUT2D eigenvalue weighted by Gasteiger charge is 2.07. The predicted molar refractivity (Wildman–Crippen MR) is 69.0 cm³/mol. The average molecular weight is 272 g/mol. The summed E-state index contributed by atoms with van der Waals surface area (Å²) in [4.78, 5) is 0. The number of aryl methyl sites for hydroxylation is 1. The Morgan fingerprint density at radius 1 is 1.06 bits per heavy atom. The van der Waals surface area contributed by atoms with Gasteiger partial charge in [-0.25, -0.2) is 0 Å². The van der Waals surface area contributed by atoms with Crippen LogP contribution < -0.4 is 0 Å². The Balaban J connectivity index is 2.64. The van der Waals surface area contributed by atoms with E-state index in [0.29, 0.717) is 0 Å². The third-order valence-corrected chi connectivity index (χ3v) is 3.05. The van der Waals surface area contributed by atoms with Gasteiger partial charge >= 0.3 is 0 Å². The smallest absolute Gasteiger partial charge is 0.0998 e. The Morgan fingerprint density at radius 3 is 2.38 bits per heavy atom. The lowest BCUT2D eigenvalue weighted by molar-refractivity contribution is 1.41. The molecule has 0 heterocycles. The molecular formula is C14H10BrN. The van der Waals surface area contributed by atoms with Gasteiger partial charge in [-0.05, 0) is 36.2 Å². The summed E-state index contributed by atoms with van der Waals surface area (Å²) in [5, 5.41) is 9.10. The molecule has 2 aromatic carbocycles. The van der Waals surface area contributed by atoms with Gasteiger partial charge in [0.2, 0.25) is 0 Å². The minimum absolute atomic E-state index is 0.724. The van der Waals surface area contributed by atoms with Crippen LogP contribution in [0.3, 0.4) is 0 Å². The number of benzene rings is 2. The molecule has 0 radical (unpaired) electrons. The largest absolute Gasteiger partial charge is 0.192 e. The summed E-state index contributed by atoms with van der Waals surface area (Å²) >= 11 is 3.41. The normalized spacial score (nSPS) is 9.81. The van der Waals surface area contributed by atoms with Gasteiger partial charge in [-0.3, -0.25) is 0 Å². The molecule has 2 rings (SSSR count). The third-order valence-electron chi connectivity index (χ3n) is 2.53. The van der Waals surface area contributed by atoms with Crippen molar-refractivity contribution in [1.82, 2.24) is 0 Å². The Morgan fingerprint density at radius 2 is 1.75 bits per heavy atom. The first kappa shape index (κ1) is 10.9. The van der Waals surface area contributed by atoms with Gasteiger partial charge in [-0.2, -0.15) is 5.26 Å². The van der Waals surface area contributed by atoms with Crippen molar-refractivity contribution in [2.45, 2.75) is 6.92 Å². The van der Waals surface area contributed by atoms with Crippen LogP contribution in [0.5, 0.6) is 0 Å². The number of nitrogens with zero attached hydrogens (tertiary/aromatic N) is 1. The summed E-state index contributed by atoms with van der Waals surface area (Å²) in [5.74, 6) is 0. The lowest BCUT2D eigenvalue weighted by Gasteiger charge is -2.08. The van der Waals surface area contributed by atoms with Crippen molar-refractivity contribution < 1.29 is 0 Å². The van der Waals surface area contributed by atoms with Gasteiger partial charge in [-0.15, -0.1) is 0 Å². The fourth-order valence-corrected chi connectivity index (χ4v) is 2.02. The molecule has 0 aliphatic rings. The summed E-state index contributed by atoms with van der Waals surface area (Å²) in [6.45, 7) is 2.03. The molecule has 0 atom stereocenters. The standard InChI is InChI=1S/C14H10BrN/c1-10-3-2-4-12(9-16)14(10)11-5-7-13(15)8-6-11/h2-8H,1H3. The first-order valence-corrected chi connectivity index (χ1v) is 5.77. The Bertz CT molecular complexity index is 550. The van der Waals surface area contributed by atoms with Crippen LogP contribution in [-0.2, 0) is 0 Å². The maximum Gasteiger partial charge on any atom is 0.0998 e. The third kappa shape index (κ3) is 2.00. The van der Waals surface area contributed by atoms with Crippen molar-refractivity contribution in [2.24, 2.45) is 0 Å². The minimum atomic E-state index is 0.724. The first-order chi connectivity index (χ1) is 7.72. The zero-order valence-corrected chi connectivity index (χ0v) is 10.5. The van der Waals surface area contributed by atoms with E-state index in [2.05, 4.69) is 22.0 Å². The molecule has 1 nitrogen and oxygen atoms in total. The van der Waals surface area contributed by atoms with E-state index in [1.54, 1.807) is 0 Å². The van der Waals surface area contributed by atoms with Crippen LogP contribution in [0.2, 0.25) is 0 Å². The fraction of sp³-hybridized carbons (Fsp3) is 0.0714. The highest BCUT2D eigenvalue weighted by Crippen LogP contribution is 2.28. The van der Waals surface area contributed by atoms with Crippen LogP contribution in [0.1, 0.15) is 11.1 Å². The molecule has 16 heavy (non-hydrogen) atoms. The zero-order chi connectivity index (χ0) is 11.5. The van der Waals surface area contributed by atoms with Crippen molar-refractivity contribution in [3.63, 3.8) is 0 Å². The molecule has 0 unspecified atom stereocenters. The fourth-order valence-electron chi connectivity index (χ4n) is 1.76. The van der Waals surface area contributed by atoms with Gasteiger partial charge in [0.05, 0.1) is 11.6 Å². The van der Waals surface area contributed by atoms with Crippen LogP contribution in [0.4, 0.5) is 0 Å². The first-order valence-electron chi connectivity index (χ1n) is 4.98. The molecule has 0 aliphatic carbocycles. The van der Waals surface area contributed by atoms with E-state index < -0.39 is 0 Å². The summed E-state index contributed by atoms with van der Waals surface area (Å²) in [5.41, 5.74) is 3.96. The van der Waals surface area contributed by atoms with Crippen LogP contribution in [0.25, 0.3) is 11.1 Å². The maximum atomic E-state index is 9.10. The summed E-state index contributed by atoms with van der Waals surface area (Å²) < 4.78 is 1.04. The minimum Gasteiger partial charge on any atom is -0.192 e. The molecule has 0 aromatic heterocycles. The monoisotopic (exact) mass is 271 g/mol. The Labute approximate surface area is 103 Å². The highest BCUT2D eigenvalue weighted by atomic mass is 79.9. The molecule has 0 amide bonds. The number of hydrogen-bond acceptors (Lipinski definition) is 1. The Hall–Kier alpha value is -1.59. The molecule has 0 N–H and O–H groups in total. The summed E-state index contributed by atoms with van der Waals surface area (Å²) in [6.07, 6.45) is 0. The molecule has 0 saturated carbocycles. The van der Waals surface area contributed by atoms with Crippen LogP contribution >= 0.6 is 15.9 Å². The van der Waals surface area contributed by atoms with E-state index >= 15 is 0 Å². The van der Waals surface area contributed by atoms with Crippen LogP contribution in [-0.4, -0.2) is 0 Å². The van der Waals surface area contributed by atoms with E-state index in [-0.39, 0.29) is 0 Å². The van der Waals surface area contributed by atoms with Crippen molar-refractivity contribution in [3.8, 4) is 17.2 Å². The van der Waals surface area contributed by atoms with Gasteiger partial charge in [-0.1, -0.05) is 40.2 Å². The molecule has 2 heteroatoms. The second-order valence-corrected chi connectivity index (χ2v) is 4.53. The van der Waals surface area contributed by atoms with Gasteiger partial charge in [0.1, 0.15) is 0 Å². The predicted octanol–water partition coefficient (Wildman–Crippen LogP) is 4.30. The van der Waals surface area contributed by atoms with Gasteiger partial charge in [0.25, 0.3) is 0 Å².